The predicted molar refractivity (Wildman–Crippen MR) is 75.0 cm³/mol. The van der Waals surface area contributed by atoms with Crippen LogP contribution in [0.4, 0.5) is 0 Å². The summed E-state index contributed by atoms with van der Waals surface area (Å²) in [7, 11) is 1.86. The van der Waals surface area contributed by atoms with Crippen LogP contribution >= 0.6 is 0 Å². The van der Waals surface area contributed by atoms with Gasteiger partial charge in [-0.2, -0.15) is 0 Å². The Hall–Kier alpha value is -1.77. The van der Waals surface area contributed by atoms with E-state index in [1.54, 1.807) is 4.90 Å². The van der Waals surface area contributed by atoms with Gasteiger partial charge in [0.05, 0.1) is 0 Å². The quantitative estimate of drug-likeness (QED) is 0.699. The van der Waals surface area contributed by atoms with Crippen molar-refractivity contribution in [3.63, 3.8) is 0 Å². The summed E-state index contributed by atoms with van der Waals surface area (Å²) in [6.07, 6.45) is 0. The molecule has 2 heterocycles. The molecule has 0 unspecified atom stereocenters. The van der Waals surface area contributed by atoms with E-state index in [9.17, 15) is 4.79 Å². The Morgan fingerprint density at radius 2 is 1.78 bits per heavy atom. The summed E-state index contributed by atoms with van der Waals surface area (Å²) in [5, 5.41) is 1.20. The Kier molecular flexibility index (Phi) is 3.41. The smallest absolute Gasteiger partial charge is 0.270 e. The maximum Gasteiger partial charge on any atom is 0.270 e. The number of hydrogen-bond acceptors (Lipinski definition) is 1. The van der Waals surface area contributed by atoms with Gasteiger partial charge >= 0.3 is 0 Å². The van der Waals surface area contributed by atoms with Crippen LogP contribution in [0.2, 0.25) is 0 Å². The first-order valence-electron chi connectivity index (χ1n) is 6.53. The fraction of sp³-hybridized carbons (Fsp3) is 0.400. The van der Waals surface area contributed by atoms with Crippen molar-refractivity contribution in [2.75, 3.05) is 13.6 Å². The van der Waals surface area contributed by atoms with E-state index >= 15 is 0 Å². The van der Waals surface area contributed by atoms with Gasteiger partial charge < -0.3 is 9.47 Å². The molecule has 0 spiro atoms. The zero-order valence-electron chi connectivity index (χ0n) is 11.5. The van der Waals surface area contributed by atoms with Gasteiger partial charge in [0.15, 0.2) is 0 Å². The zero-order valence-corrected chi connectivity index (χ0v) is 11.5. The van der Waals surface area contributed by atoms with Gasteiger partial charge in [-0.05, 0) is 18.6 Å². The molecule has 3 rings (SSSR count). The molecule has 2 aromatic rings. The molecule has 1 aliphatic heterocycles. The number of benzene rings is 1. The van der Waals surface area contributed by atoms with Crippen molar-refractivity contribution < 1.29 is 4.79 Å². The summed E-state index contributed by atoms with van der Waals surface area (Å²) < 4.78 is 2.15. The number of rotatable bonds is 0. The van der Waals surface area contributed by atoms with Gasteiger partial charge in [-0.15, -0.1) is 0 Å². The standard InChI is InChI=1S/C13H14N2O.C2H6/c1-9-10-5-3-4-6-11(10)15-8-7-14(2)13(16)12(9)15;1-2/h3-6H,7-8H2,1-2H3;1-2H3. The van der Waals surface area contributed by atoms with Crippen molar-refractivity contribution in [1.29, 1.82) is 0 Å². The highest BCUT2D eigenvalue weighted by Gasteiger charge is 2.26. The first-order valence-corrected chi connectivity index (χ1v) is 6.53. The highest BCUT2D eigenvalue weighted by atomic mass is 16.2. The van der Waals surface area contributed by atoms with Gasteiger partial charge in [0, 0.05) is 31.0 Å². The van der Waals surface area contributed by atoms with Crippen LogP contribution < -0.4 is 0 Å². The van der Waals surface area contributed by atoms with E-state index in [4.69, 9.17) is 0 Å². The number of amides is 1. The van der Waals surface area contributed by atoms with Crippen LogP contribution in [0.3, 0.4) is 0 Å². The fourth-order valence-electron chi connectivity index (χ4n) is 2.52. The lowest BCUT2D eigenvalue weighted by Crippen LogP contribution is -2.37. The van der Waals surface area contributed by atoms with Crippen LogP contribution in [0.5, 0.6) is 0 Å². The van der Waals surface area contributed by atoms with Crippen LogP contribution in [0.25, 0.3) is 10.9 Å². The monoisotopic (exact) mass is 244 g/mol. The summed E-state index contributed by atoms with van der Waals surface area (Å²) in [5.41, 5.74) is 3.14. The summed E-state index contributed by atoms with van der Waals surface area (Å²) in [5.74, 6) is 0.139. The Bertz CT molecular complexity index is 583. The molecule has 0 N–H and O–H groups in total. The molecule has 0 saturated heterocycles. The maximum absolute atomic E-state index is 12.1. The van der Waals surface area contributed by atoms with Gasteiger partial charge in [-0.1, -0.05) is 32.0 Å². The SMILES string of the molecule is CC.Cc1c2n(c3ccccc13)CCN(C)C2=O. The van der Waals surface area contributed by atoms with E-state index in [1.807, 2.05) is 40.0 Å². The molecule has 0 atom stereocenters. The number of carbonyl (C=O) groups excluding carboxylic acids is 1. The van der Waals surface area contributed by atoms with Crippen molar-refractivity contribution in [2.24, 2.45) is 0 Å². The lowest BCUT2D eigenvalue weighted by atomic mass is 10.1. The average molecular weight is 244 g/mol. The molecule has 1 amide bonds. The Labute approximate surface area is 108 Å². The molecule has 0 aliphatic carbocycles. The average Bonchev–Trinajstić information content (AvgIpc) is 2.71. The van der Waals surface area contributed by atoms with E-state index < -0.39 is 0 Å². The highest BCUT2D eigenvalue weighted by Crippen LogP contribution is 2.28. The number of aryl methyl sites for hydroxylation is 1. The van der Waals surface area contributed by atoms with Crippen LogP contribution in [0.15, 0.2) is 24.3 Å². The Morgan fingerprint density at radius 3 is 2.50 bits per heavy atom. The molecule has 18 heavy (non-hydrogen) atoms. The molecule has 3 nitrogen and oxygen atoms in total. The zero-order chi connectivity index (χ0) is 13.3. The first-order chi connectivity index (χ1) is 8.70. The summed E-state index contributed by atoms with van der Waals surface area (Å²) in [4.78, 5) is 13.9. The normalized spacial score (nSPS) is 14.2. The minimum atomic E-state index is 0.139. The fourth-order valence-corrected chi connectivity index (χ4v) is 2.52. The first kappa shape index (κ1) is 12.7. The van der Waals surface area contributed by atoms with Crippen molar-refractivity contribution in [3.8, 4) is 0 Å². The Balaban J connectivity index is 0.000000574. The second-order valence-corrected chi connectivity index (χ2v) is 4.37. The largest absolute Gasteiger partial charge is 0.339 e. The van der Waals surface area contributed by atoms with Crippen LogP contribution in [0, 0.1) is 6.92 Å². The molecular weight excluding hydrogens is 224 g/mol. The minimum absolute atomic E-state index is 0.139. The van der Waals surface area contributed by atoms with Gasteiger partial charge in [-0.3, -0.25) is 4.79 Å². The van der Waals surface area contributed by atoms with E-state index in [1.165, 1.54) is 10.9 Å². The molecule has 3 heteroatoms. The van der Waals surface area contributed by atoms with Crippen molar-refractivity contribution in [1.82, 2.24) is 9.47 Å². The highest BCUT2D eigenvalue weighted by molar-refractivity contribution is 6.02. The number of fused-ring (bicyclic) bond motifs is 3. The summed E-state index contributed by atoms with van der Waals surface area (Å²) in [6.45, 7) is 7.72. The molecule has 1 aliphatic rings. The van der Waals surface area contributed by atoms with Crippen LogP contribution in [0.1, 0.15) is 29.9 Å². The number of hydrogen-bond donors (Lipinski definition) is 0. The van der Waals surface area contributed by atoms with Crippen molar-refractivity contribution >= 4 is 16.8 Å². The third kappa shape index (κ3) is 1.70. The topological polar surface area (TPSA) is 25.2 Å². The molecule has 0 radical (unpaired) electrons. The maximum atomic E-state index is 12.1. The van der Waals surface area contributed by atoms with Gasteiger partial charge in [-0.25, -0.2) is 0 Å². The van der Waals surface area contributed by atoms with E-state index in [-0.39, 0.29) is 5.91 Å². The van der Waals surface area contributed by atoms with Crippen LogP contribution in [-0.4, -0.2) is 29.0 Å². The summed E-state index contributed by atoms with van der Waals surface area (Å²) in [6, 6.07) is 8.22. The van der Waals surface area contributed by atoms with E-state index in [2.05, 4.69) is 16.7 Å². The number of likely N-dealkylation sites (N-methyl/N-ethyl adjacent to an activating group) is 1. The third-order valence-corrected chi connectivity index (χ3v) is 3.43. The van der Waals surface area contributed by atoms with Crippen molar-refractivity contribution in [2.45, 2.75) is 27.3 Å². The molecule has 0 bridgehead atoms. The molecule has 1 aromatic heterocycles. The number of carbonyl (C=O) groups is 1. The number of aromatic nitrogens is 1. The second-order valence-electron chi connectivity index (χ2n) is 4.37. The Morgan fingerprint density at radius 1 is 1.11 bits per heavy atom. The van der Waals surface area contributed by atoms with Gasteiger partial charge in [0.2, 0.25) is 0 Å². The minimum Gasteiger partial charge on any atom is -0.339 e. The van der Waals surface area contributed by atoms with E-state index in [0.717, 1.165) is 24.3 Å². The predicted octanol–water partition coefficient (Wildman–Crippen LogP) is 3.06. The molecular formula is C15H20N2O. The van der Waals surface area contributed by atoms with Gasteiger partial charge in [0.25, 0.3) is 5.91 Å². The molecule has 0 fully saturated rings. The molecule has 1 aromatic carbocycles. The molecule has 96 valence electrons. The molecule has 0 saturated carbocycles. The van der Waals surface area contributed by atoms with Crippen molar-refractivity contribution in [3.05, 3.63) is 35.5 Å². The third-order valence-electron chi connectivity index (χ3n) is 3.43. The van der Waals surface area contributed by atoms with Crippen LogP contribution in [-0.2, 0) is 6.54 Å². The number of para-hydroxylation sites is 1. The van der Waals surface area contributed by atoms with E-state index in [0.29, 0.717) is 0 Å². The van der Waals surface area contributed by atoms with Gasteiger partial charge in [0.1, 0.15) is 5.69 Å². The number of nitrogens with zero attached hydrogens (tertiary/aromatic N) is 2. The second kappa shape index (κ2) is 4.84. The lowest BCUT2D eigenvalue weighted by Gasteiger charge is -2.25. The lowest BCUT2D eigenvalue weighted by molar-refractivity contribution is 0.0750. The summed E-state index contributed by atoms with van der Waals surface area (Å²) >= 11 is 0.